The molecule has 0 N–H and O–H groups in total. The molecule has 0 spiro atoms. The van der Waals surface area contributed by atoms with Crippen molar-refractivity contribution >= 4 is 32.6 Å². The van der Waals surface area contributed by atoms with E-state index in [0.717, 1.165) is 26.9 Å². The number of carbonyl (C=O) groups is 1. The maximum atomic E-state index is 13.5. The van der Waals surface area contributed by atoms with E-state index in [0.29, 0.717) is 17.4 Å². The second-order valence-corrected chi connectivity index (χ2v) is 8.30. The summed E-state index contributed by atoms with van der Waals surface area (Å²) < 4.78 is 6.52. The number of thiazole rings is 1. The van der Waals surface area contributed by atoms with Gasteiger partial charge < -0.3 is 4.52 Å². The SMILES string of the molecule is Cc1ccc2nc(N(Cc3ccccc3)C(=O)c3cc(-c4ccccc4)on3)sc2c1. The quantitative estimate of drug-likeness (QED) is 0.341. The van der Waals surface area contributed by atoms with E-state index in [1.807, 2.05) is 79.7 Å². The number of aryl methyl sites for hydroxylation is 1. The van der Waals surface area contributed by atoms with Crippen molar-refractivity contribution in [3.63, 3.8) is 0 Å². The third-order valence-electron chi connectivity index (χ3n) is 4.98. The Hall–Kier alpha value is -3.77. The van der Waals surface area contributed by atoms with Crippen LogP contribution in [-0.4, -0.2) is 16.0 Å². The predicted molar refractivity (Wildman–Crippen MR) is 123 cm³/mol. The van der Waals surface area contributed by atoms with Gasteiger partial charge in [-0.1, -0.05) is 83.2 Å². The largest absolute Gasteiger partial charge is 0.355 e. The van der Waals surface area contributed by atoms with Gasteiger partial charge in [-0.15, -0.1) is 0 Å². The standard InChI is InChI=1S/C25H19N3O2S/c1-17-12-13-20-23(14-17)31-25(26-20)28(16-18-8-4-2-5-9-18)24(29)21-15-22(30-27-21)19-10-6-3-7-11-19/h2-15H,16H2,1H3. The molecule has 5 nitrogen and oxygen atoms in total. The van der Waals surface area contributed by atoms with Crippen LogP contribution < -0.4 is 4.90 Å². The number of nitrogens with zero attached hydrogens (tertiary/aromatic N) is 3. The fraction of sp³-hybridized carbons (Fsp3) is 0.0800. The smallest absolute Gasteiger partial charge is 0.282 e. The molecule has 6 heteroatoms. The molecule has 0 aliphatic carbocycles. The Morgan fingerprint density at radius 2 is 1.71 bits per heavy atom. The van der Waals surface area contributed by atoms with Crippen molar-refractivity contribution in [1.29, 1.82) is 0 Å². The Kier molecular flexibility index (Phi) is 5.06. The molecular weight excluding hydrogens is 406 g/mol. The van der Waals surface area contributed by atoms with Gasteiger partial charge in [-0.05, 0) is 30.2 Å². The highest BCUT2D eigenvalue weighted by Crippen LogP contribution is 2.32. The molecule has 0 radical (unpaired) electrons. The molecule has 31 heavy (non-hydrogen) atoms. The number of rotatable bonds is 5. The van der Waals surface area contributed by atoms with Crippen molar-refractivity contribution in [3.05, 3.63) is 102 Å². The van der Waals surface area contributed by atoms with Crippen LogP contribution in [0.5, 0.6) is 0 Å². The van der Waals surface area contributed by atoms with Crippen LogP contribution in [0.4, 0.5) is 5.13 Å². The number of carbonyl (C=O) groups excluding carboxylic acids is 1. The number of hydrogen-bond donors (Lipinski definition) is 0. The van der Waals surface area contributed by atoms with Gasteiger partial charge in [0, 0.05) is 11.6 Å². The highest BCUT2D eigenvalue weighted by Gasteiger charge is 2.25. The fourth-order valence-corrected chi connectivity index (χ4v) is 4.44. The van der Waals surface area contributed by atoms with Crippen LogP contribution in [0.25, 0.3) is 21.5 Å². The van der Waals surface area contributed by atoms with E-state index < -0.39 is 0 Å². The average Bonchev–Trinajstić information content (AvgIpc) is 3.45. The molecule has 5 aromatic rings. The first kappa shape index (κ1) is 19.2. The van der Waals surface area contributed by atoms with Crippen LogP contribution in [0.2, 0.25) is 0 Å². The first-order valence-corrected chi connectivity index (χ1v) is 10.7. The monoisotopic (exact) mass is 425 g/mol. The summed E-state index contributed by atoms with van der Waals surface area (Å²) in [5.41, 5.74) is 4.18. The van der Waals surface area contributed by atoms with E-state index in [4.69, 9.17) is 9.51 Å². The number of amides is 1. The molecule has 0 aliphatic rings. The first-order chi connectivity index (χ1) is 15.2. The zero-order valence-corrected chi connectivity index (χ0v) is 17.7. The third-order valence-corrected chi connectivity index (χ3v) is 6.02. The van der Waals surface area contributed by atoms with E-state index in [1.165, 1.54) is 11.3 Å². The topological polar surface area (TPSA) is 59.2 Å². The summed E-state index contributed by atoms with van der Waals surface area (Å²) in [5.74, 6) is 0.314. The molecular formula is C25H19N3O2S. The lowest BCUT2D eigenvalue weighted by molar-refractivity contribution is 0.0976. The van der Waals surface area contributed by atoms with Crippen LogP contribution in [0.3, 0.4) is 0 Å². The second kappa shape index (κ2) is 8.16. The summed E-state index contributed by atoms with van der Waals surface area (Å²) in [6.07, 6.45) is 0. The van der Waals surface area contributed by atoms with E-state index in [1.54, 1.807) is 11.0 Å². The normalized spacial score (nSPS) is 11.0. The third kappa shape index (κ3) is 3.98. The maximum absolute atomic E-state index is 13.5. The van der Waals surface area contributed by atoms with E-state index >= 15 is 0 Å². The van der Waals surface area contributed by atoms with Crippen molar-refractivity contribution in [2.45, 2.75) is 13.5 Å². The Morgan fingerprint density at radius 1 is 0.968 bits per heavy atom. The summed E-state index contributed by atoms with van der Waals surface area (Å²) in [7, 11) is 0. The number of hydrogen-bond acceptors (Lipinski definition) is 5. The Morgan fingerprint density at radius 3 is 2.48 bits per heavy atom. The van der Waals surface area contributed by atoms with Gasteiger partial charge in [0.25, 0.3) is 5.91 Å². The van der Waals surface area contributed by atoms with Gasteiger partial charge in [-0.2, -0.15) is 0 Å². The van der Waals surface area contributed by atoms with Gasteiger partial charge in [-0.3, -0.25) is 9.69 Å². The van der Waals surface area contributed by atoms with Gasteiger partial charge in [-0.25, -0.2) is 4.98 Å². The van der Waals surface area contributed by atoms with Gasteiger partial charge in [0.1, 0.15) is 0 Å². The molecule has 0 bridgehead atoms. The zero-order chi connectivity index (χ0) is 21.2. The number of fused-ring (bicyclic) bond motifs is 1. The molecule has 0 saturated carbocycles. The molecule has 3 aromatic carbocycles. The summed E-state index contributed by atoms with van der Waals surface area (Å²) in [6, 6.07) is 27.3. The van der Waals surface area contributed by atoms with E-state index in [9.17, 15) is 4.79 Å². The highest BCUT2D eigenvalue weighted by atomic mass is 32.1. The molecule has 0 fully saturated rings. The molecule has 1 amide bonds. The summed E-state index contributed by atoms with van der Waals surface area (Å²) in [6.45, 7) is 2.44. The number of aromatic nitrogens is 2. The lowest BCUT2D eigenvalue weighted by Crippen LogP contribution is -2.30. The average molecular weight is 426 g/mol. The van der Waals surface area contributed by atoms with Gasteiger partial charge in [0.05, 0.1) is 16.8 Å². The van der Waals surface area contributed by atoms with E-state index in [2.05, 4.69) is 11.2 Å². The van der Waals surface area contributed by atoms with E-state index in [-0.39, 0.29) is 11.6 Å². The van der Waals surface area contributed by atoms with Crippen LogP contribution in [0, 0.1) is 6.92 Å². The molecule has 0 aliphatic heterocycles. The molecule has 152 valence electrons. The minimum atomic E-state index is -0.245. The minimum absolute atomic E-state index is 0.245. The second-order valence-electron chi connectivity index (χ2n) is 7.29. The van der Waals surface area contributed by atoms with Crippen LogP contribution in [-0.2, 0) is 6.54 Å². The zero-order valence-electron chi connectivity index (χ0n) is 16.9. The van der Waals surface area contributed by atoms with Crippen LogP contribution >= 0.6 is 11.3 Å². The van der Waals surface area contributed by atoms with Crippen molar-refractivity contribution in [2.75, 3.05) is 4.90 Å². The summed E-state index contributed by atoms with van der Waals surface area (Å²) in [4.78, 5) is 19.9. The van der Waals surface area contributed by atoms with Gasteiger partial charge >= 0.3 is 0 Å². The van der Waals surface area contributed by atoms with Crippen molar-refractivity contribution in [3.8, 4) is 11.3 Å². The molecule has 0 unspecified atom stereocenters. The Bertz CT molecular complexity index is 1340. The molecule has 0 atom stereocenters. The van der Waals surface area contributed by atoms with Crippen molar-refractivity contribution in [2.24, 2.45) is 0 Å². The van der Waals surface area contributed by atoms with Gasteiger partial charge in [0.2, 0.25) is 0 Å². The Labute approximate surface area is 183 Å². The van der Waals surface area contributed by atoms with Crippen molar-refractivity contribution < 1.29 is 9.32 Å². The maximum Gasteiger partial charge on any atom is 0.282 e. The molecule has 2 aromatic heterocycles. The predicted octanol–water partition coefficient (Wildman–Crippen LogP) is 6.11. The van der Waals surface area contributed by atoms with Gasteiger partial charge in [0.15, 0.2) is 16.6 Å². The lowest BCUT2D eigenvalue weighted by atomic mass is 10.1. The van der Waals surface area contributed by atoms with Crippen LogP contribution in [0.1, 0.15) is 21.6 Å². The summed E-state index contributed by atoms with van der Waals surface area (Å²) >= 11 is 1.50. The number of benzene rings is 3. The lowest BCUT2D eigenvalue weighted by Gasteiger charge is -2.18. The van der Waals surface area contributed by atoms with Crippen molar-refractivity contribution in [1.82, 2.24) is 10.1 Å². The highest BCUT2D eigenvalue weighted by molar-refractivity contribution is 7.22. The molecule has 0 saturated heterocycles. The number of anilines is 1. The minimum Gasteiger partial charge on any atom is -0.355 e. The fourth-order valence-electron chi connectivity index (χ4n) is 3.38. The Balaban J connectivity index is 1.53. The van der Waals surface area contributed by atoms with Crippen LogP contribution in [0.15, 0.2) is 89.5 Å². The first-order valence-electron chi connectivity index (χ1n) is 9.92. The summed E-state index contributed by atoms with van der Waals surface area (Å²) in [5, 5.41) is 4.70. The molecule has 5 rings (SSSR count). The molecule has 2 heterocycles.